The Bertz CT molecular complexity index is 721. The van der Waals surface area contributed by atoms with E-state index in [9.17, 15) is 27.2 Å². The van der Waals surface area contributed by atoms with E-state index in [4.69, 9.17) is 9.47 Å². The number of carbonyl (C=O) groups is 2. The molecule has 5 nitrogen and oxygen atoms in total. The van der Waals surface area contributed by atoms with Gasteiger partial charge in [0.15, 0.2) is 5.57 Å². The van der Waals surface area contributed by atoms with Gasteiger partial charge in [-0.3, -0.25) is 0 Å². The highest BCUT2D eigenvalue weighted by Gasteiger charge is 2.39. The van der Waals surface area contributed by atoms with Crippen LogP contribution in [-0.4, -0.2) is 17.7 Å². The molecule has 1 heterocycles. The third kappa shape index (κ3) is 3.86. The van der Waals surface area contributed by atoms with Crippen molar-refractivity contribution in [3.8, 4) is 0 Å². The van der Waals surface area contributed by atoms with Gasteiger partial charge in [-0.15, -0.1) is 0 Å². The zero-order chi connectivity index (χ0) is 18.3. The summed E-state index contributed by atoms with van der Waals surface area (Å²) in [6.07, 6.45) is -4.07. The van der Waals surface area contributed by atoms with Gasteiger partial charge in [-0.1, -0.05) is 0 Å². The molecule has 1 saturated heterocycles. The van der Waals surface area contributed by atoms with Gasteiger partial charge in [0.2, 0.25) is 0 Å². The molecule has 1 N–H and O–H groups in total. The van der Waals surface area contributed by atoms with Gasteiger partial charge in [-0.05, 0) is 28.1 Å². The Morgan fingerprint density at radius 3 is 2.21 bits per heavy atom. The second-order valence-electron chi connectivity index (χ2n) is 5.19. The normalized spacial score (nSPS) is 17.2. The van der Waals surface area contributed by atoms with Gasteiger partial charge in [-0.2, -0.15) is 13.2 Å². The number of hydrogen-bond donors (Lipinski definition) is 1. The summed E-state index contributed by atoms with van der Waals surface area (Å²) in [6, 6.07) is 1.12. The summed E-state index contributed by atoms with van der Waals surface area (Å²) >= 11 is 2.89. The standard InChI is InChI=1S/C14H10BrF4NO4/c1-13(2)23-11(21)6(12(22)24-13)5-20-10-3-7(14(17,18)19)9(16)4-8(10)15/h3-5,20H,1-2H3. The lowest BCUT2D eigenvalue weighted by molar-refractivity contribution is -0.222. The molecular formula is C14H10BrF4NO4. The zero-order valence-corrected chi connectivity index (χ0v) is 13.8. The fourth-order valence-corrected chi connectivity index (χ4v) is 2.24. The van der Waals surface area contributed by atoms with E-state index in [0.717, 1.165) is 6.20 Å². The van der Waals surface area contributed by atoms with Crippen LogP contribution in [0.15, 0.2) is 28.4 Å². The number of nitrogens with one attached hydrogen (secondary N) is 1. The van der Waals surface area contributed by atoms with Crippen molar-refractivity contribution in [2.24, 2.45) is 0 Å². The molecular weight excluding hydrogens is 402 g/mol. The van der Waals surface area contributed by atoms with Crippen LogP contribution in [0.4, 0.5) is 23.2 Å². The average Bonchev–Trinajstić information content (AvgIpc) is 2.36. The number of alkyl halides is 3. The van der Waals surface area contributed by atoms with Crippen LogP contribution in [0.2, 0.25) is 0 Å². The highest BCUT2D eigenvalue weighted by Crippen LogP contribution is 2.36. The van der Waals surface area contributed by atoms with Crippen molar-refractivity contribution in [3.05, 3.63) is 39.8 Å². The molecule has 0 amide bonds. The first-order valence-electron chi connectivity index (χ1n) is 6.40. The highest BCUT2D eigenvalue weighted by atomic mass is 79.9. The van der Waals surface area contributed by atoms with Crippen molar-refractivity contribution in [2.45, 2.75) is 25.8 Å². The Hall–Kier alpha value is -2.10. The first-order valence-corrected chi connectivity index (χ1v) is 7.19. The number of rotatable bonds is 2. The maximum Gasteiger partial charge on any atom is 0.419 e. The quantitative estimate of drug-likeness (QED) is 0.347. The summed E-state index contributed by atoms with van der Waals surface area (Å²) in [5, 5.41) is 2.33. The average molecular weight is 412 g/mol. The number of benzene rings is 1. The van der Waals surface area contributed by atoms with Crippen LogP contribution >= 0.6 is 15.9 Å². The van der Waals surface area contributed by atoms with E-state index < -0.39 is 40.9 Å². The molecule has 0 radical (unpaired) electrons. The summed E-state index contributed by atoms with van der Waals surface area (Å²) in [6.45, 7) is 2.69. The molecule has 1 aromatic carbocycles. The molecule has 0 unspecified atom stereocenters. The van der Waals surface area contributed by atoms with E-state index in [1.165, 1.54) is 13.8 Å². The van der Waals surface area contributed by atoms with Crippen molar-refractivity contribution in [1.82, 2.24) is 0 Å². The first kappa shape index (κ1) is 18.2. The smallest absolute Gasteiger partial charge is 0.419 e. The van der Waals surface area contributed by atoms with Gasteiger partial charge in [0.05, 0.1) is 11.3 Å². The number of esters is 2. The summed E-state index contributed by atoms with van der Waals surface area (Å²) < 4.78 is 61.2. The lowest BCUT2D eigenvalue weighted by atomic mass is 10.1. The fourth-order valence-electron chi connectivity index (χ4n) is 1.81. The Kier molecular flexibility index (Phi) is 4.62. The number of carbonyl (C=O) groups excluding carboxylic acids is 2. The van der Waals surface area contributed by atoms with E-state index in [2.05, 4.69) is 21.2 Å². The van der Waals surface area contributed by atoms with Crippen LogP contribution in [0.25, 0.3) is 0 Å². The predicted octanol–water partition coefficient (Wildman–Crippen LogP) is 3.74. The minimum atomic E-state index is -4.90. The largest absolute Gasteiger partial charge is 0.419 e. The molecule has 10 heteroatoms. The second-order valence-corrected chi connectivity index (χ2v) is 6.05. The molecule has 2 rings (SSSR count). The molecule has 0 aliphatic carbocycles. The second kappa shape index (κ2) is 6.08. The molecule has 24 heavy (non-hydrogen) atoms. The predicted molar refractivity (Wildman–Crippen MR) is 77.1 cm³/mol. The molecule has 0 atom stereocenters. The summed E-state index contributed by atoms with van der Waals surface area (Å²) in [5.41, 5.74) is -2.25. The third-order valence-electron chi connectivity index (χ3n) is 2.85. The number of hydrogen-bond acceptors (Lipinski definition) is 5. The number of halogens is 5. The Morgan fingerprint density at radius 1 is 1.17 bits per heavy atom. The monoisotopic (exact) mass is 411 g/mol. The number of anilines is 1. The van der Waals surface area contributed by atoms with Crippen molar-refractivity contribution in [1.29, 1.82) is 0 Å². The van der Waals surface area contributed by atoms with Gasteiger partial charge in [0.25, 0.3) is 5.79 Å². The number of cyclic esters (lactones) is 2. The van der Waals surface area contributed by atoms with Crippen molar-refractivity contribution < 1.29 is 36.6 Å². The van der Waals surface area contributed by atoms with Crippen molar-refractivity contribution >= 4 is 33.6 Å². The highest BCUT2D eigenvalue weighted by molar-refractivity contribution is 9.10. The molecule has 1 aliphatic heterocycles. The van der Waals surface area contributed by atoms with Crippen molar-refractivity contribution in [2.75, 3.05) is 5.32 Å². The summed E-state index contributed by atoms with van der Waals surface area (Å²) in [4.78, 5) is 23.4. The van der Waals surface area contributed by atoms with Gasteiger partial charge < -0.3 is 14.8 Å². The molecule has 0 aromatic heterocycles. The topological polar surface area (TPSA) is 64.6 Å². The SMILES string of the molecule is CC1(C)OC(=O)C(=CNc2cc(C(F)(F)F)c(F)cc2Br)C(=O)O1. The Morgan fingerprint density at radius 2 is 1.71 bits per heavy atom. The van der Waals surface area contributed by atoms with E-state index in [1.807, 2.05) is 0 Å². The van der Waals surface area contributed by atoms with Crippen LogP contribution in [0.3, 0.4) is 0 Å². The summed E-state index contributed by atoms with van der Waals surface area (Å²) in [7, 11) is 0. The minimum absolute atomic E-state index is 0.0391. The Balaban J connectivity index is 2.32. The van der Waals surface area contributed by atoms with E-state index in [1.54, 1.807) is 0 Å². The fraction of sp³-hybridized carbons (Fsp3) is 0.286. The van der Waals surface area contributed by atoms with Gasteiger partial charge >= 0.3 is 18.1 Å². The van der Waals surface area contributed by atoms with Crippen molar-refractivity contribution in [3.63, 3.8) is 0 Å². The van der Waals surface area contributed by atoms with Gasteiger partial charge in [-0.25, -0.2) is 14.0 Å². The van der Waals surface area contributed by atoms with Crippen LogP contribution in [0, 0.1) is 5.82 Å². The Labute approximate surface area is 141 Å². The molecule has 0 bridgehead atoms. The zero-order valence-electron chi connectivity index (χ0n) is 12.3. The molecule has 0 saturated carbocycles. The van der Waals surface area contributed by atoms with E-state index in [-0.39, 0.29) is 10.2 Å². The molecule has 1 aromatic rings. The van der Waals surface area contributed by atoms with E-state index >= 15 is 0 Å². The minimum Gasteiger partial charge on any atom is -0.419 e. The summed E-state index contributed by atoms with van der Waals surface area (Å²) in [5.74, 6) is -4.91. The third-order valence-corrected chi connectivity index (χ3v) is 3.51. The number of ether oxygens (including phenoxy) is 2. The van der Waals surface area contributed by atoms with Crippen LogP contribution in [0.5, 0.6) is 0 Å². The lowest BCUT2D eigenvalue weighted by Crippen LogP contribution is -2.42. The maximum atomic E-state index is 13.4. The maximum absolute atomic E-state index is 13.4. The van der Waals surface area contributed by atoms with E-state index in [0.29, 0.717) is 12.1 Å². The van der Waals surface area contributed by atoms with Crippen LogP contribution < -0.4 is 5.32 Å². The van der Waals surface area contributed by atoms with Gasteiger partial charge in [0, 0.05) is 24.5 Å². The van der Waals surface area contributed by atoms with Gasteiger partial charge in [0.1, 0.15) is 5.82 Å². The lowest BCUT2D eigenvalue weighted by Gasteiger charge is -2.29. The molecule has 130 valence electrons. The first-order chi connectivity index (χ1) is 10.9. The van der Waals surface area contributed by atoms with Crippen LogP contribution in [0.1, 0.15) is 19.4 Å². The molecule has 1 aliphatic rings. The van der Waals surface area contributed by atoms with Crippen LogP contribution in [-0.2, 0) is 25.2 Å². The molecule has 1 fully saturated rings. The molecule has 0 spiro atoms.